The van der Waals surface area contributed by atoms with Crippen LogP contribution in [0, 0.1) is 5.92 Å². The van der Waals surface area contributed by atoms with Crippen LogP contribution in [0.4, 0.5) is 0 Å². The maximum absolute atomic E-state index is 14.1. The Morgan fingerprint density at radius 2 is 1.62 bits per heavy atom. The number of esters is 1. The molecule has 12 unspecified atom stereocenters. The Bertz CT molecular complexity index is 1380. The lowest BCUT2D eigenvalue weighted by molar-refractivity contribution is -0.985. The highest BCUT2D eigenvalue weighted by Crippen LogP contribution is 2.42. The number of quaternary nitrogens is 1. The first-order valence-corrected chi connectivity index (χ1v) is 24.5. The van der Waals surface area contributed by atoms with Gasteiger partial charge in [-0.1, -0.05) is 96.1 Å². The van der Waals surface area contributed by atoms with Crippen molar-refractivity contribution < 1.29 is 43.6 Å². The van der Waals surface area contributed by atoms with Crippen LogP contribution >= 0.6 is 0 Å². The lowest BCUT2D eigenvalue weighted by Crippen LogP contribution is -3.29. The molecule has 1 amide bonds. The van der Waals surface area contributed by atoms with Gasteiger partial charge in [0.05, 0.1) is 24.9 Å². The van der Waals surface area contributed by atoms with Gasteiger partial charge in [-0.3, -0.25) is 9.59 Å². The molecule has 5 saturated heterocycles. The highest BCUT2D eigenvalue weighted by Gasteiger charge is 2.67. The summed E-state index contributed by atoms with van der Waals surface area (Å²) in [4.78, 5) is 29.9. The Kier molecular flexibility index (Phi) is 18.1. The number of carbonyl (C=O) groups excluding carboxylic acids is 2. The van der Waals surface area contributed by atoms with Crippen LogP contribution in [0.2, 0.25) is 0 Å². The molecule has 0 bridgehead atoms. The predicted molar refractivity (Wildman–Crippen MR) is 230 cm³/mol. The maximum Gasteiger partial charge on any atom is 0.319 e. The number of amides is 1. The van der Waals surface area contributed by atoms with Crippen molar-refractivity contribution in [1.29, 1.82) is 0 Å². The smallest absolute Gasteiger partial charge is 0.319 e. The van der Waals surface area contributed by atoms with E-state index in [1.165, 1.54) is 61.2 Å². The molecule has 0 aromatic carbocycles. The third kappa shape index (κ3) is 11.7. The molecular formula is C46H83N6O8+. The van der Waals surface area contributed by atoms with E-state index in [-0.39, 0.29) is 67.6 Å². The van der Waals surface area contributed by atoms with Crippen LogP contribution in [0.25, 0.3) is 0 Å². The second-order valence-corrected chi connectivity index (χ2v) is 19.1. The standard InChI is InChI=1S/C46H82N6O8/c1-3-36-22-16-17-26-44(59-36)33-35-24-25-37-39(45(27-19-21-34(2)58-45)50-43(49-44)52(35)37)41(54)57-32-18-14-12-10-8-6-4-5-7-9-11-13-15-23-38-40(53)51(31-20-29-47)42(55)46(56,60-38)28-30-48/h16,22,34-39,42-43,49-50,55-56H,3-15,17-21,23-33,47-48H2,1-2H3/p+1. The number of nitrogens with one attached hydrogen (secondary N) is 3. The van der Waals surface area contributed by atoms with Gasteiger partial charge in [0, 0.05) is 32.2 Å². The van der Waals surface area contributed by atoms with Gasteiger partial charge in [0.2, 0.25) is 12.1 Å². The fourth-order valence-corrected chi connectivity index (χ4v) is 11.5. The Hall–Kier alpha value is -1.72. The number of morpholine rings is 1. The summed E-state index contributed by atoms with van der Waals surface area (Å²) in [7, 11) is 0. The normalized spacial score (nSPS) is 37.7. The summed E-state index contributed by atoms with van der Waals surface area (Å²) in [5, 5.41) is 29.4. The van der Waals surface area contributed by atoms with Crippen molar-refractivity contribution in [3.05, 3.63) is 12.2 Å². The Morgan fingerprint density at radius 1 is 0.917 bits per heavy atom. The van der Waals surface area contributed by atoms with Crippen LogP contribution in [-0.2, 0) is 28.5 Å². The first kappa shape index (κ1) is 47.8. The van der Waals surface area contributed by atoms with E-state index in [0.717, 1.165) is 89.9 Å². The predicted octanol–water partition coefficient (Wildman–Crippen LogP) is 3.96. The topological polar surface area (TPSA) is 195 Å². The van der Waals surface area contributed by atoms with E-state index in [2.05, 4.69) is 36.6 Å². The van der Waals surface area contributed by atoms with Crippen LogP contribution in [0.3, 0.4) is 0 Å². The Balaban J connectivity index is 0.829. The molecule has 60 heavy (non-hydrogen) atoms. The molecule has 0 radical (unpaired) electrons. The van der Waals surface area contributed by atoms with Gasteiger partial charge in [-0.2, -0.15) is 0 Å². The van der Waals surface area contributed by atoms with Crippen molar-refractivity contribution in [2.24, 2.45) is 17.4 Å². The summed E-state index contributed by atoms with van der Waals surface area (Å²) in [5.41, 5.74) is 10.2. The molecule has 0 aromatic rings. The summed E-state index contributed by atoms with van der Waals surface area (Å²) in [5.74, 6) is -2.52. The van der Waals surface area contributed by atoms with Gasteiger partial charge in [0.1, 0.15) is 23.6 Å². The quantitative estimate of drug-likeness (QED) is 0.0445. The summed E-state index contributed by atoms with van der Waals surface area (Å²) >= 11 is 0. The minimum Gasteiger partial charge on any atom is -0.465 e. The van der Waals surface area contributed by atoms with Crippen molar-refractivity contribution in [3.8, 4) is 0 Å². The molecule has 6 heterocycles. The number of aliphatic hydroxyl groups is 2. The number of hydrogen-bond donors (Lipinski definition) is 7. The van der Waals surface area contributed by atoms with Crippen molar-refractivity contribution in [1.82, 2.24) is 15.5 Å². The van der Waals surface area contributed by atoms with Gasteiger partial charge < -0.3 is 50.4 Å². The molecule has 6 aliphatic rings. The minimum atomic E-state index is -1.85. The number of ether oxygens (including phenoxy) is 4. The van der Waals surface area contributed by atoms with E-state index in [4.69, 9.17) is 30.4 Å². The molecular weight excluding hydrogens is 765 g/mol. The van der Waals surface area contributed by atoms with Gasteiger partial charge in [-0.25, -0.2) is 10.6 Å². The van der Waals surface area contributed by atoms with Gasteiger partial charge in [0.25, 0.3) is 5.91 Å². The zero-order chi connectivity index (χ0) is 42.6. The monoisotopic (exact) mass is 848 g/mol. The molecule has 6 rings (SSSR count). The third-order valence-corrected chi connectivity index (χ3v) is 14.6. The van der Waals surface area contributed by atoms with Crippen molar-refractivity contribution >= 4 is 11.9 Å². The molecule has 0 aromatic heterocycles. The molecule has 2 spiro atoms. The number of rotatable bonds is 23. The number of nitrogens with two attached hydrogens (primary N) is 2. The minimum absolute atomic E-state index is 0.0165. The average Bonchev–Trinajstić information content (AvgIpc) is 3.53. The lowest BCUT2D eigenvalue weighted by atomic mass is 9.79. The summed E-state index contributed by atoms with van der Waals surface area (Å²) < 4.78 is 25.5. The number of hydrogen-bond acceptors (Lipinski definition) is 12. The Labute approximate surface area is 360 Å². The second-order valence-electron chi connectivity index (χ2n) is 19.1. The highest BCUT2D eigenvalue weighted by molar-refractivity contribution is 5.82. The number of nitrogens with zero attached hydrogens (tertiary/aromatic N) is 1. The number of carbonyl (C=O) groups is 2. The third-order valence-electron chi connectivity index (χ3n) is 14.6. The van der Waals surface area contributed by atoms with Crippen LogP contribution < -0.4 is 27.0 Å². The molecule has 9 N–H and O–H groups in total. The van der Waals surface area contributed by atoms with Crippen molar-refractivity contribution in [2.75, 3.05) is 26.2 Å². The molecule has 14 heteroatoms. The molecule has 6 aliphatic heterocycles. The second kappa shape index (κ2) is 22.8. The van der Waals surface area contributed by atoms with Crippen LogP contribution in [0.5, 0.6) is 0 Å². The largest absolute Gasteiger partial charge is 0.465 e. The molecule has 14 nitrogen and oxygen atoms in total. The molecule has 12 atom stereocenters. The molecule has 344 valence electrons. The zero-order valence-electron chi connectivity index (χ0n) is 37.2. The van der Waals surface area contributed by atoms with Gasteiger partial charge in [0.15, 0.2) is 12.1 Å². The Morgan fingerprint density at radius 3 is 2.28 bits per heavy atom. The highest BCUT2D eigenvalue weighted by atomic mass is 16.7. The molecule has 0 aliphatic carbocycles. The van der Waals surface area contributed by atoms with Gasteiger partial charge in [-0.05, 0) is 77.8 Å². The van der Waals surface area contributed by atoms with Crippen LogP contribution in [0.1, 0.15) is 174 Å². The van der Waals surface area contributed by atoms with E-state index in [1.807, 2.05) is 0 Å². The van der Waals surface area contributed by atoms with E-state index in [1.54, 1.807) is 0 Å². The molecule has 5 fully saturated rings. The van der Waals surface area contributed by atoms with E-state index >= 15 is 0 Å². The fourth-order valence-electron chi connectivity index (χ4n) is 11.5. The van der Waals surface area contributed by atoms with Gasteiger partial charge in [-0.15, -0.1) is 0 Å². The van der Waals surface area contributed by atoms with Crippen molar-refractivity contribution in [3.63, 3.8) is 0 Å². The first-order valence-electron chi connectivity index (χ1n) is 24.5. The van der Waals surface area contributed by atoms with Gasteiger partial charge >= 0.3 is 5.97 Å². The lowest BCUT2D eigenvalue weighted by Gasteiger charge is -2.58. The summed E-state index contributed by atoms with van der Waals surface area (Å²) in [6.07, 6.45) is 27.2. The van der Waals surface area contributed by atoms with Crippen molar-refractivity contribution in [2.45, 2.75) is 235 Å². The fraction of sp³-hybridized carbons (Fsp3) is 0.913. The number of unbranched alkanes of at least 4 members (excludes halogenated alkanes) is 12. The van der Waals surface area contributed by atoms with Crippen LogP contribution in [-0.4, -0.2) is 113 Å². The number of aliphatic hydroxyl groups excluding tert-OH is 1. The van der Waals surface area contributed by atoms with E-state index in [9.17, 15) is 19.8 Å². The maximum atomic E-state index is 14.1. The van der Waals surface area contributed by atoms with Crippen LogP contribution in [0.15, 0.2) is 12.2 Å². The number of allylic oxidation sites excluding steroid dienone is 1. The first-order chi connectivity index (χ1) is 29.1. The summed E-state index contributed by atoms with van der Waals surface area (Å²) in [6, 6.07) is 0.609. The zero-order valence-corrected chi connectivity index (χ0v) is 37.2. The summed E-state index contributed by atoms with van der Waals surface area (Å²) in [6.45, 7) is 5.64. The van der Waals surface area contributed by atoms with E-state index in [0.29, 0.717) is 32.0 Å². The average molecular weight is 848 g/mol. The molecule has 0 saturated carbocycles. The SMILES string of the molecule is CCC1C=CCCC2(CC3CCC4C(C(=O)OCCCCCCCCCCCCCCCC5OC(O)(CCN)C(O)N(CCCN)C5=O)C5(CCCC(C)O5)NC(N2)[NH+]34)O1. The van der Waals surface area contributed by atoms with E-state index < -0.39 is 23.8 Å².